The number of aliphatic carboxylic acids is 1. The lowest BCUT2D eigenvalue weighted by Crippen LogP contribution is -2.64. The Morgan fingerprint density at radius 1 is 1.45 bits per heavy atom. The second-order valence-electron chi connectivity index (χ2n) is 5.08. The topological polar surface area (TPSA) is 172 Å². The van der Waals surface area contributed by atoms with E-state index in [-0.39, 0.29) is 0 Å². The first kappa shape index (κ1) is 18.5. The summed E-state index contributed by atoms with van der Waals surface area (Å²) >= 11 is 0. The second-order valence-corrected chi connectivity index (χ2v) is 5.08. The maximum Gasteiger partial charge on any atom is 0.372 e. The zero-order chi connectivity index (χ0) is 17.2. The number of aliphatic hydroxyl groups is 3. The number of aliphatic hydroxyl groups excluding tert-OH is 3. The van der Waals surface area contributed by atoms with Crippen molar-refractivity contribution in [1.29, 1.82) is 0 Å². The molecular formula is C11H19F2N3O6. The van der Waals surface area contributed by atoms with Gasteiger partial charge in [0.1, 0.15) is 12.2 Å². The van der Waals surface area contributed by atoms with Crippen LogP contribution in [0, 0.1) is 5.92 Å². The van der Waals surface area contributed by atoms with Crippen molar-refractivity contribution in [2.24, 2.45) is 22.4 Å². The van der Waals surface area contributed by atoms with Crippen molar-refractivity contribution < 1.29 is 38.7 Å². The minimum Gasteiger partial charge on any atom is -0.477 e. The highest BCUT2D eigenvalue weighted by Crippen LogP contribution is 2.39. The van der Waals surface area contributed by atoms with E-state index < -0.39 is 60.8 Å². The highest BCUT2D eigenvalue weighted by atomic mass is 19.2. The van der Waals surface area contributed by atoms with Crippen molar-refractivity contribution in [3.63, 3.8) is 0 Å². The standard InChI is InChI=1S/C11H19F2N3O6/c1-3-5(16-10(14)15)8(12)11(13,9(20)21)22-7(3)6(19)4(18)2-17/h3-8,17-19H,2H2,1H3,(H,20,21)(H4,14,15,16)/t3?,4-,5?,6?,7?,8?,11?/m1/s1. The summed E-state index contributed by atoms with van der Waals surface area (Å²) in [5, 5.41) is 36.9. The molecule has 0 radical (unpaired) electrons. The van der Waals surface area contributed by atoms with Crippen molar-refractivity contribution in [2.45, 2.75) is 43.3 Å². The average molecular weight is 327 g/mol. The Kier molecular flexibility index (Phi) is 5.62. The summed E-state index contributed by atoms with van der Waals surface area (Å²) in [4.78, 5) is 14.4. The van der Waals surface area contributed by atoms with E-state index >= 15 is 0 Å². The molecule has 1 fully saturated rings. The molecule has 1 rings (SSSR count). The van der Waals surface area contributed by atoms with Gasteiger partial charge in [0.2, 0.25) is 0 Å². The molecule has 6 unspecified atom stereocenters. The number of guanidine groups is 1. The van der Waals surface area contributed by atoms with E-state index in [0.29, 0.717) is 0 Å². The normalized spacial score (nSPS) is 38.1. The van der Waals surface area contributed by atoms with E-state index in [9.17, 15) is 23.8 Å². The van der Waals surface area contributed by atoms with E-state index in [1.54, 1.807) is 0 Å². The number of carboxylic acids is 1. The first-order valence-corrected chi connectivity index (χ1v) is 6.36. The molecule has 22 heavy (non-hydrogen) atoms. The molecule has 8 N–H and O–H groups in total. The largest absolute Gasteiger partial charge is 0.477 e. The molecule has 0 aliphatic carbocycles. The Hall–Kier alpha value is -1.56. The molecule has 128 valence electrons. The fraction of sp³-hybridized carbons (Fsp3) is 0.818. The molecule has 1 aliphatic heterocycles. The van der Waals surface area contributed by atoms with E-state index in [1.165, 1.54) is 6.92 Å². The predicted octanol–water partition coefficient (Wildman–Crippen LogP) is -2.53. The van der Waals surface area contributed by atoms with Gasteiger partial charge in [-0.15, -0.1) is 0 Å². The highest BCUT2D eigenvalue weighted by molar-refractivity contribution is 5.78. The van der Waals surface area contributed by atoms with Crippen LogP contribution in [-0.2, 0) is 9.53 Å². The number of hydrogen-bond acceptors (Lipinski definition) is 6. The fourth-order valence-electron chi connectivity index (χ4n) is 2.28. The average Bonchev–Trinajstić information content (AvgIpc) is 2.45. The van der Waals surface area contributed by atoms with Gasteiger partial charge in [-0.1, -0.05) is 6.92 Å². The Balaban J connectivity index is 3.25. The second kappa shape index (κ2) is 6.69. The molecule has 0 bridgehead atoms. The molecule has 1 saturated heterocycles. The number of carbonyl (C=O) groups is 1. The van der Waals surface area contributed by atoms with Crippen LogP contribution in [0.2, 0.25) is 0 Å². The lowest BCUT2D eigenvalue weighted by molar-refractivity contribution is -0.282. The van der Waals surface area contributed by atoms with Crippen molar-refractivity contribution in [2.75, 3.05) is 6.61 Å². The molecule has 1 aliphatic rings. The number of hydrogen-bond donors (Lipinski definition) is 6. The van der Waals surface area contributed by atoms with Gasteiger partial charge in [-0.3, -0.25) is 0 Å². The van der Waals surface area contributed by atoms with Crippen LogP contribution in [0.1, 0.15) is 6.92 Å². The summed E-state index contributed by atoms with van der Waals surface area (Å²) in [6, 6.07) is -1.66. The molecule has 9 nitrogen and oxygen atoms in total. The van der Waals surface area contributed by atoms with Crippen LogP contribution in [0.15, 0.2) is 4.99 Å². The highest BCUT2D eigenvalue weighted by Gasteiger charge is 2.61. The van der Waals surface area contributed by atoms with Gasteiger partial charge in [-0.25, -0.2) is 14.2 Å². The van der Waals surface area contributed by atoms with E-state index in [2.05, 4.69) is 9.73 Å². The van der Waals surface area contributed by atoms with Gasteiger partial charge in [0.15, 0.2) is 12.1 Å². The molecule has 0 aromatic rings. The van der Waals surface area contributed by atoms with Gasteiger partial charge >= 0.3 is 11.8 Å². The molecule has 11 heteroatoms. The number of carboxylic acid groups (broad SMARTS) is 1. The van der Waals surface area contributed by atoms with Gasteiger partial charge in [-0.05, 0) is 0 Å². The molecule has 1 heterocycles. The number of aliphatic imine (C=N–C) groups is 1. The van der Waals surface area contributed by atoms with Crippen molar-refractivity contribution in [3.8, 4) is 0 Å². The maximum atomic E-state index is 14.3. The fourth-order valence-corrected chi connectivity index (χ4v) is 2.28. The molecular weight excluding hydrogens is 308 g/mol. The summed E-state index contributed by atoms with van der Waals surface area (Å²) in [6.07, 6.45) is -8.03. The molecule has 0 aromatic heterocycles. The van der Waals surface area contributed by atoms with Crippen LogP contribution >= 0.6 is 0 Å². The monoisotopic (exact) mass is 327 g/mol. The van der Waals surface area contributed by atoms with E-state index in [4.69, 9.17) is 21.7 Å². The van der Waals surface area contributed by atoms with Crippen molar-refractivity contribution >= 4 is 11.9 Å². The number of nitrogens with zero attached hydrogens (tertiary/aromatic N) is 1. The SMILES string of the molecule is CC1C(N=C(N)N)C(F)C(F)(C(=O)O)OC1C(O)[C@H](O)CO. The Labute approximate surface area is 124 Å². The minimum atomic E-state index is -3.81. The molecule has 0 amide bonds. The zero-order valence-corrected chi connectivity index (χ0v) is 11.6. The third-order valence-corrected chi connectivity index (χ3v) is 3.53. The number of alkyl halides is 2. The third-order valence-electron chi connectivity index (χ3n) is 3.53. The predicted molar refractivity (Wildman–Crippen MR) is 69.1 cm³/mol. The first-order chi connectivity index (χ1) is 10.1. The summed E-state index contributed by atoms with van der Waals surface area (Å²) < 4.78 is 33.1. The number of nitrogens with two attached hydrogens (primary N) is 2. The summed E-state index contributed by atoms with van der Waals surface area (Å²) in [5.41, 5.74) is 10.2. The van der Waals surface area contributed by atoms with Crippen LogP contribution in [0.25, 0.3) is 0 Å². The summed E-state index contributed by atoms with van der Waals surface area (Å²) in [5.74, 6) is -7.77. The molecule has 0 saturated carbocycles. The summed E-state index contributed by atoms with van der Waals surface area (Å²) in [7, 11) is 0. The molecule has 0 aromatic carbocycles. The number of rotatable bonds is 5. The lowest BCUT2D eigenvalue weighted by Gasteiger charge is -2.44. The van der Waals surface area contributed by atoms with Crippen LogP contribution in [-0.4, -0.2) is 75.3 Å². The number of halogens is 2. The quantitative estimate of drug-likeness (QED) is 0.237. The Bertz CT molecular complexity index is 450. The van der Waals surface area contributed by atoms with E-state index in [1.807, 2.05) is 0 Å². The van der Waals surface area contributed by atoms with Gasteiger partial charge in [0, 0.05) is 5.92 Å². The molecule has 7 atom stereocenters. The van der Waals surface area contributed by atoms with Crippen LogP contribution in [0.5, 0.6) is 0 Å². The van der Waals surface area contributed by atoms with Gasteiger partial charge in [0.25, 0.3) is 0 Å². The zero-order valence-electron chi connectivity index (χ0n) is 11.6. The lowest BCUT2D eigenvalue weighted by atomic mass is 9.82. The molecule has 0 spiro atoms. The van der Waals surface area contributed by atoms with Crippen LogP contribution in [0.3, 0.4) is 0 Å². The minimum absolute atomic E-state index is 0.606. The Morgan fingerprint density at radius 2 is 2.00 bits per heavy atom. The van der Waals surface area contributed by atoms with Crippen molar-refractivity contribution in [1.82, 2.24) is 0 Å². The smallest absolute Gasteiger partial charge is 0.372 e. The van der Waals surface area contributed by atoms with E-state index in [0.717, 1.165) is 0 Å². The van der Waals surface area contributed by atoms with Gasteiger partial charge in [-0.2, -0.15) is 4.39 Å². The Morgan fingerprint density at radius 3 is 2.41 bits per heavy atom. The summed E-state index contributed by atoms with van der Waals surface area (Å²) in [6.45, 7) is 0.384. The van der Waals surface area contributed by atoms with Crippen molar-refractivity contribution in [3.05, 3.63) is 0 Å². The third kappa shape index (κ3) is 3.27. The number of ether oxygens (including phenoxy) is 1. The van der Waals surface area contributed by atoms with Gasteiger partial charge < -0.3 is 36.6 Å². The van der Waals surface area contributed by atoms with Crippen LogP contribution in [0.4, 0.5) is 8.78 Å². The van der Waals surface area contributed by atoms with Crippen LogP contribution < -0.4 is 11.5 Å². The maximum absolute atomic E-state index is 14.3. The van der Waals surface area contributed by atoms with Gasteiger partial charge in [0.05, 0.1) is 18.8 Å². The first-order valence-electron chi connectivity index (χ1n) is 6.36.